The summed E-state index contributed by atoms with van der Waals surface area (Å²) in [4.78, 5) is 28.7. The molecule has 1 N–H and O–H groups in total. The zero-order chi connectivity index (χ0) is 16.2. The number of nitrogens with one attached hydrogen (secondary N) is 1. The summed E-state index contributed by atoms with van der Waals surface area (Å²) in [5.74, 6) is 0.953. The third-order valence-corrected chi connectivity index (χ3v) is 5.05. The van der Waals surface area contributed by atoms with E-state index < -0.39 is 0 Å². The van der Waals surface area contributed by atoms with Gasteiger partial charge >= 0.3 is 0 Å². The van der Waals surface area contributed by atoms with Crippen molar-refractivity contribution in [1.82, 2.24) is 15.1 Å². The molecule has 0 aromatic heterocycles. The smallest absolute Gasteiger partial charge is 0.227 e. The minimum Gasteiger partial charge on any atom is -0.339 e. The Balaban J connectivity index is 1.48. The second-order valence-corrected chi connectivity index (χ2v) is 6.58. The van der Waals surface area contributed by atoms with Gasteiger partial charge in [-0.1, -0.05) is 37.3 Å². The van der Waals surface area contributed by atoms with Crippen molar-refractivity contribution >= 4 is 11.8 Å². The summed E-state index contributed by atoms with van der Waals surface area (Å²) >= 11 is 0. The van der Waals surface area contributed by atoms with Gasteiger partial charge in [0, 0.05) is 32.1 Å². The number of rotatable bonds is 4. The number of nitrogens with zero attached hydrogens (tertiary/aromatic N) is 2. The average molecular weight is 315 g/mol. The van der Waals surface area contributed by atoms with Crippen LogP contribution in [0.1, 0.15) is 12.5 Å². The molecule has 0 bridgehead atoms. The molecular formula is C18H25N3O2. The van der Waals surface area contributed by atoms with Crippen LogP contribution in [0, 0.1) is 11.8 Å². The maximum absolute atomic E-state index is 12.5. The highest BCUT2D eigenvalue weighted by molar-refractivity contribution is 5.81. The molecule has 2 aliphatic rings. The summed E-state index contributed by atoms with van der Waals surface area (Å²) in [7, 11) is 0. The quantitative estimate of drug-likeness (QED) is 0.892. The van der Waals surface area contributed by atoms with E-state index in [0.717, 1.165) is 18.7 Å². The minimum absolute atomic E-state index is 0.0859. The Morgan fingerprint density at radius 3 is 2.26 bits per heavy atom. The molecule has 2 amide bonds. The standard InChI is InChI=1S/C18H25N3O2/c1-14(16-12-19-13-16)18(23)21-9-7-20(8-10-21)17(22)11-15-5-3-2-4-6-15/h2-6,14,16,19H,7-13H2,1H3. The van der Waals surface area contributed by atoms with Crippen LogP contribution in [0.2, 0.25) is 0 Å². The van der Waals surface area contributed by atoms with E-state index in [9.17, 15) is 9.59 Å². The van der Waals surface area contributed by atoms with Gasteiger partial charge in [0.25, 0.3) is 0 Å². The lowest BCUT2D eigenvalue weighted by Crippen LogP contribution is -2.55. The van der Waals surface area contributed by atoms with Gasteiger partial charge in [-0.25, -0.2) is 0 Å². The Kier molecular flexibility index (Phi) is 4.96. The number of carbonyl (C=O) groups excluding carboxylic acids is 2. The van der Waals surface area contributed by atoms with Crippen molar-refractivity contribution in [3.63, 3.8) is 0 Å². The predicted molar refractivity (Wildman–Crippen MR) is 88.8 cm³/mol. The highest BCUT2D eigenvalue weighted by Crippen LogP contribution is 2.19. The minimum atomic E-state index is 0.0859. The molecule has 0 aliphatic carbocycles. The normalized spacial score (nSPS) is 20.0. The van der Waals surface area contributed by atoms with Crippen LogP contribution in [0.15, 0.2) is 30.3 Å². The molecule has 23 heavy (non-hydrogen) atoms. The first-order valence-corrected chi connectivity index (χ1v) is 8.46. The van der Waals surface area contributed by atoms with Crippen LogP contribution >= 0.6 is 0 Å². The van der Waals surface area contributed by atoms with Crippen LogP contribution in [0.3, 0.4) is 0 Å². The maximum atomic E-state index is 12.5. The van der Waals surface area contributed by atoms with Crippen LogP contribution in [-0.2, 0) is 16.0 Å². The van der Waals surface area contributed by atoms with Crippen LogP contribution in [0.5, 0.6) is 0 Å². The zero-order valence-electron chi connectivity index (χ0n) is 13.7. The third kappa shape index (κ3) is 3.72. The second-order valence-electron chi connectivity index (χ2n) is 6.58. The van der Waals surface area contributed by atoms with Gasteiger partial charge in [-0.2, -0.15) is 0 Å². The van der Waals surface area contributed by atoms with Gasteiger partial charge in [0.15, 0.2) is 0 Å². The molecule has 2 aliphatic heterocycles. The van der Waals surface area contributed by atoms with E-state index >= 15 is 0 Å². The summed E-state index contributed by atoms with van der Waals surface area (Å²) in [6.45, 7) is 6.53. The van der Waals surface area contributed by atoms with Crippen LogP contribution in [-0.4, -0.2) is 60.9 Å². The summed E-state index contributed by atoms with van der Waals surface area (Å²) in [5, 5.41) is 3.22. The van der Waals surface area contributed by atoms with Gasteiger partial charge in [0.1, 0.15) is 0 Å². The number of hydrogen-bond donors (Lipinski definition) is 1. The molecule has 5 heteroatoms. The first kappa shape index (κ1) is 16.0. The molecule has 1 aromatic rings. The number of hydrogen-bond acceptors (Lipinski definition) is 3. The topological polar surface area (TPSA) is 52.7 Å². The largest absolute Gasteiger partial charge is 0.339 e. The molecule has 2 fully saturated rings. The van der Waals surface area contributed by atoms with Gasteiger partial charge < -0.3 is 15.1 Å². The zero-order valence-corrected chi connectivity index (χ0v) is 13.7. The molecule has 0 spiro atoms. The van der Waals surface area contributed by atoms with E-state index in [4.69, 9.17) is 0 Å². The Hall–Kier alpha value is -1.88. The first-order chi connectivity index (χ1) is 11.1. The van der Waals surface area contributed by atoms with Gasteiger partial charge in [0.2, 0.25) is 11.8 Å². The molecule has 5 nitrogen and oxygen atoms in total. The van der Waals surface area contributed by atoms with Gasteiger partial charge in [-0.05, 0) is 24.6 Å². The number of carbonyl (C=O) groups is 2. The summed E-state index contributed by atoms with van der Waals surface area (Å²) in [5.41, 5.74) is 1.04. The first-order valence-electron chi connectivity index (χ1n) is 8.46. The lowest BCUT2D eigenvalue weighted by atomic mass is 9.88. The molecule has 1 aromatic carbocycles. The maximum Gasteiger partial charge on any atom is 0.227 e. The Labute approximate surface area is 137 Å². The van der Waals surface area contributed by atoms with Gasteiger partial charge in [0.05, 0.1) is 6.42 Å². The fourth-order valence-corrected chi connectivity index (χ4v) is 3.21. The van der Waals surface area contributed by atoms with E-state index in [1.165, 1.54) is 0 Å². The molecule has 2 heterocycles. The average Bonchev–Trinajstić information content (AvgIpc) is 2.53. The van der Waals surface area contributed by atoms with Crippen molar-refractivity contribution in [3.05, 3.63) is 35.9 Å². The van der Waals surface area contributed by atoms with Crippen molar-refractivity contribution in [2.45, 2.75) is 13.3 Å². The number of piperazine rings is 1. The molecule has 1 unspecified atom stereocenters. The van der Waals surface area contributed by atoms with Crippen molar-refractivity contribution < 1.29 is 9.59 Å². The van der Waals surface area contributed by atoms with E-state index in [0.29, 0.717) is 38.5 Å². The second kappa shape index (κ2) is 7.13. The van der Waals surface area contributed by atoms with Gasteiger partial charge in [-0.3, -0.25) is 9.59 Å². The lowest BCUT2D eigenvalue weighted by Gasteiger charge is -2.39. The monoisotopic (exact) mass is 315 g/mol. The molecule has 0 saturated carbocycles. The highest BCUT2D eigenvalue weighted by atomic mass is 16.2. The van der Waals surface area contributed by atoms with E-state index in [-0.39, 0.29) is 17.7 Å². The number of amides is 2. The van der Waals surface area contributed by atoms with Crippen molar-refractivity contribution in [2.75, 3.05) is 39.3 Å². The van der Waals surface area contributed by atoms with Crippen molar-refractivity contribution in [2.24, 2.45) is 11.8 Å². The molecule has 124 valence electrons. The molecule has 1 atom stereocenters. The fourth-order valence-electron chi connectivity index (χ4n) is 3.21. The van der Waals surface area contributed by atoms with Crippen LogP contribution < -0.4 is 5.32 Å². The summed E-state index contributed by atoms with van der Waals surface area (Å²) < 4.78 is 0. The molecule has 3 rings (SSSR count). The van der Waals surface area contributed by atoms with Crippen LogP contribution in [0.4, 0.5) is 0 Å². The van der Waals surface area contributed by atoms with E-state index in [2.05, 4.69) is 5.32 Å². The Bertz CT molecular complexity index is 549. The van der Waals surface area contributed by atoms with Crippen LogP contribution in [0.25, 0.3) is 0 Å². The lowest BCUT2D eigenvalue weighted by molar-refractivity contribution is -0.143. The summed E-state index contributed by atoms with van der Waals surface area (Å²) in [6.07, 6.45) is 0.443. The Morgan fingerprint density at radius 1 is 1.09 bits per heavy atom. The SMILES string of the molecule is CC(C(=O)N1CCN(C(=O)Cc2ccccc2)CC1)C1CNC1. The number of benzene rings is 1. The predicted octanol–water partition coefficient (Wildman–Crippen LogP) is 0.755. The highest BCUT2D eigenvalue weighted by Gasteiger charge is 2.33. The van der Waals surface area contributed by atoms with Crippen molar-refractivity contribution in [3.8, 4) is 0 Å². The molecular weight excluding hydrogens is 290 g/mol. The fraction of sp³-hybridized carbons (Fsp3) is 0.556. The molecule has 2 saturated heterocycles. The molecule has 0 radical (unpaired) electrons. The van der Waals surface area contributed by atoms with Gasteiger partial charge in [-0.15, -0.1) is 0 Å². The summed E-state index contributed by atoms with van der Waals surface area (Å²) in [6, 6.07) is 9.82. The van der Waals surface area contributed by atoms with Crippen molar-refractivity contribution in [1.29, 1.82) is 0 Å². The van der Waals surface area contributed by atoms with E-state index in [1.807, 2.05) is 47.1 Å². The third-order valence-electron chi connectivity index (χ3n) is 5.05. The Morgan fingerprint density at radius 2 is 1.70 bits per heavy atom. The van der Waals surface area contributed by atoms with E-state index in [1.54, 1.807) is 0 Å².